The van der Waals surface area contributed by atoms with Crippen LogP contribution < -0.4 is 11.2 Å². The molecule has 0 saturated carbocycles. The Bertz CT molecular complexity index is 772. The van der Waals surface area contributed by atoms with Crippen molar-refractivity contribution < 1.29 is 9.21 Å². The fourth-order valence-electron chi connectivity index (χ4n) is 1.85. The average molecular weight is 330 g/mol. The number of furan rings is 1. The number of thioether (sulfide) groups is 1. The zero-order valence-electron chi connectivity index (χ0n) is 12.0. The van der Waals surface area contributed by atoms with E-state index in [-0.39, 0.29) is 11.7 Å². The Balaban J connectivity index is 1.56. The smallest absolute Gasteiger partial charge is 0.230 e. The minimum atomic E-state index is -0.141. The van der Waals surface area contributed by atoms with Crippen molar-refractivity contribution in [3.8, 4) is 11.4 Å². The third-order valence-corrected chi connectivity index (χ3v) is 3.90. The Morgan fingerprint density at radius 2 is 2.26 bits per heavy atom. The van der Waals surface area contributed by atoms with Gasteiger partial charge in [-0.15, -0.1) is 10.2 Å². The average Bonchev–Trinajstić information content (AvgIpc) is 3.22. The number of nitrogens with zero attached hydrogens (tertiary/aromatic N) is 4. The number of hydrogen-bond acceptors (Lipinski definition) is 7. The Morgan fingerprint density at radius 3 is 3.00 bits per heavy atom. The molecule has 8 nitrogen and oxygen atoms in total. The van der Waals surface area contributed by atoms with E-state index >= 15 is 0 Å². The first-order valence-electron chi connectivity index (χ1n) is 6.77. The van der Waals surface area contributed by atoms with E-state index in [1.165, 1.54) is 16.4 Å². The second-order valence-corrected chi connectivity index (χ2v) is 5.51. The molecule has 0 aliphatic carbocycles. The summed E-state index contributed by atoms with van der Waals surface area (Å²) in [6.07, 6.45) is 4.88. The highest BCUT2D eigenvalue weighted by Gasteiger charge is 2.13. The second kappa shape index (κ2) is 6.97. The molecule has 0 unspecified atom stereocenters. The normalized spacial score (nSPS) is 10.6. The maximum atomic E-state index is 11.8. The van der Waals surface area contributed by atoms with Crippen molar-refractivity contribution in [3.63, 3.8) is 0 Å². The van der Waals surface area contributed by atoms with Crippen molar-refractivity contribution in [2.75, 3.05) is 11.6 Å². The van der Waals surface area contributed by atoms with Crippen molar-refractivity contribution >= 4 is 17.7 Å². The topological polar surface area (TPSA) is 112 Å². The summed E-state index contributed by atoms with van der Waals surface area (Å²) in [6.45, 7) is 0.350. The Hall–Kier alpha value is -2.81. The van der Waals surface area contributed by atoms with Crippen LogP contribution in [0.15, 0.2) is 52.5 Å². The lowest BCUT2D eigenvalue weighted by Crippen LogP contribution is -2.24. The Morgan fingerprint density at radius 1 is 1.35 bits per heavy atom. The highest BCUT2D eigenvalue weighted by atomic mass is 32.2. The molecule has 3 aromatic heterocycles. The van der Waals surface area contributed by atoms with E-state index in [0.717, 1.165) is 5.56 Å². The maximum Gasteiger partial charge on any atom is 0.230 e. The summed E-state index contributed by atoms with van der Waals surface area (Å²) >= 11 is 1.21. The van der Waals surface area contributed by atoms with Gasteiger partial charge < -0.3 is 15.6 Å². The summed E-state index contributed by atoms with van der Waals surface area (Å²) in [4.78, 5) is 15.8. The third-order valence-electron chi connectivity index (χ3n) is 2.96. The molecule has 23 heavy (non-hydrogen) atoms. The maximum absolute atomic E-state index is 11.8. The second-order valence-electron chi connectivity index (χ2n) is 4.56. The van der Waals surface area contributed by atoms with Crippen molar-refractivity contribution in [2.24, 2.45) is 0 Å². The van der Waals surface area contributed by atoms with Gasteiger partial charge in [-0.1, -0.05) is 11.8 Å². The molecule has 0 bridgehead atoms. The van der Waals surface area contributed by atoms with Crippen LogP contribution in [0.4, 0.5) is 0 Å². The number of aromatic nitrogens is 4. The summed E-state index contributed by atoms with van der Waals surface area (Å²) in [5, 5.41) is 11.2. The van der Waals surface area contributed by atoms with E-state index in [9.17, 15) is 4.79 Å². The van der Waals surface area contributed by atoms with E-state index in [4.69, 9.17) is 10.3 Å². The molecule has 0 radical (unpaired) electrons. The minimum absolute atomic E-state index is 0.141. The number of rotatable bonds is 6. The van der Waals surface area contributed by atoms with Crippen molar-refractivity contribution in [2.45, 2.75) is 11.7 Å². The number of pyridine rings is 1. The van der Waals surface area contributed by atoms with Gasteiger partial charge in [0.2, 0.25) is 11.1 Å². The molecule has 0 aromatic carbocycles. The van der Waals surface area contributed by atoms with Crippen molar-refractivity contribution in [3.05, 3.63) is 48.7 Å². The van der Waals surface area contributed by atoms with Crippen LogP contribution in [-0.4, -0.2) is 31.5 Å². The van der Waals surface area contributed by atoms with Gasteiger partial charge in [-0.3, -0.25) is 9.78 Å². The monoisotopic (exact) mass is 330 g/mol. The van der Waals surface area contributed by atoms with Gasteiger partial charge in [-0.25, -0.2) is 4.68 Å². The number of nitrogen functional groups attached to an aromatic ring is 1. The molecular weight excluding hydrogens is 316 g/mol. The predicted octanol–water partition coefficient (Wildman–Crippen LogP) is 1.06. The zero-order valence-corrected chi connectivity index (χ0v) is 12.9. The highest BCUT2D eigenvalue weighted by Crippen LogP contribution is 2.20. The zero-order chi connectivity index (χ0) is 16.1. The molecule has 1 amide bonds. The molecule has 0 saturated heterocycles. The van der Waals surface area contributed by atoms with Gasteiger partial charge in [-0.2, -0.15) is 0 Å². The molecule has 3 N–H and O–H groups in total. The van der Waals surface area contributed by atoms with Gasteiger partial charge >= 0.3 is 0 Å². The Labute approximate surface area is 136 Å². The first kappa shape index (κ1) is 15.1. The third kappa shape index (κ3) is 3.69. The summed E-state index contributed by atoms with van der Waals surface area (Å²) in [6, 6.07) is 7.20. The molecule has 3 heterocycles. The molecule has 0 fully saturated rings. The fraction of sp³-hybridized carbons (Fsp3) is 0.143. The lowest BCUT2D eigenvalue weighted by molar-refractivity contribution is -0.118. The standard InChI is InChI=1S/C14H14N6O2S/c15-20-13(10-3-1-5-16-7-10)18-19-14(20)23-9-12(21)17-8-11-4-2-6-22-11/h1-7H,8-9,15H2,(H,17,21). The van der Waals surface area contributed by atoms with Crippen LogP contribution in [0.5, 0.6) is 0 Å². The molecule has 0 atom stereocenters. The van der Waals surface area contributed by atoms with Crippen LogP contribution in [-0.2, 0) is 11.3 Å². The molecule has 3 aromatic rings. The molecule has 0 aliphatic heterocycles. The molecule has 9 heteroatoms. The summed E-state index contributed by atoms with van der Waals surface area (Å²) in [7, 11) is 0. The number of amides is 1. The van der Waals surface area contributed by atoms with E-state index in [1.54, 1.807) is 36.9 Å². The number of hydrogen-bond donors (Lipinski definition) is 2. The van der Waals surface area contributed by atoms with Crippen LogP contribution >= 0.6 is 11.8 Å². The van der Waals surface area contributed by atoms with Crippen molar-refractivity contribution in [1.82, 2.24) is 25.2 Å². The molecule has 0 spiro atoms. The Kier molecular flexibility index (Phi) is 4.57. The SMILES string of the molecule is Nn1c(SCC(=O)NCc2ccco2)nnc1-c1cccnc1. The fourth-order valence-corrected chi connectivity index (χ4v) is 2.53. The number of nitrogens with one attached hydrogen (secondary N) is 1. The first-order valence-corrected chi connectivity index (χ1v) is 7.75. The summed E-state index contributed by atoms with van der Waals surface area (Å²) < 4.78 is 6.49. The number of carbonyl (C=O) groups excluding carboxylic acids is 1. The van der Waals surface area contributed by atoms with Crippen LogP contribution in [0.3, 0.4) is 0 Å². The molecular formula is C14H14N6O2S. The van der Waals surface area contributed by atoms with Gasteiger partial charge in [0, 0.05) is 18.0 Å². The summed E-state index contributed by atoms with van der Waals surface area (Å²) in [5.41, 5.74) is 0.761. The lowest BCUT2D eigenvalue weighted by atomic mass is 10.3. The van der Waals surface area contributed by atoms with Gasteiger partial charge in [0.1, 0.15) is 5.76 Å². The van der Waals surface area contributed by atoms with Crippen LogP contribution in [0, 0.1) is 0 Å². The van der Waals surface area contributed by atoms with Crippen molar-refractivity contribution in [1.29, 1.82) is 0 Å². The quantitative estimate of drug-likeness (QED) is 0.513. The van der Waals surface area contributed by atoms with Crippen LogP contribution in [0.1, 0.15) is 5.76 Å². The predicted molar refractivity (Wildman–Crippen MR) is 84.7 cm³/mol. The van der Waals surface area contributed by atoms with Gasteiger partial charge in [-0.05, 0) is 24.3 Å². The van der Waals surface area contributed by atoms with Gasteiger partial charge in [0.05, 0.1) is 18.6 Å². The van der Waals surface area contributed by atoms with E-state index in [0.29, 0.717) is 23.3 Å². The summed E-state index contributed by atoms with van der Waals surface area (Å²) in [5.74, 6) is 7.21. The van der Waals surface area contributed by atoms with E-state index in [2.05, 4.69) is 20.5 Å². The lowest BCUT2D eigenvalue weighted by Gasteiger charge is -2.04. The number of carbonyl (C=O) groups is 1. The first-order chi connectivity index (χ1) is 11.2. The highest BCUT2D eigenvalue weighted by molar-refractivity contribution is 7.99. The van der Waals surface area contributed by atoms with Crippen LogP contribution in [0.2, 0.25) is 0 Å². The minimum Gasteiger partial charge on any atom is -0.467 e. The van der Waals surface area contributed by atoms with E-state index < -0.39 is 0 Å². The van der Waals surface area contributed by atoms with E-state index in [1.807, 2.05) is 6.07 Å². The molecule has 118 valence electrons. The number of nitrogens with two attached hydrogens (primary N) is 1. The van der Waals surface area contributed by atoms with Crippen LogP contribution in [0.25, 0.3) is 11.4 Å². The largest absolute Gasteiger partial charge is 0.467 e. The van der Waals surface area contributed by atoms with Gasteiger partial charge in [0.15, 0.2) is 5.82 Å². The molecule has 3 rings (SSSR count). The molecule has 0 aliphatic rings. The van der Waals surface area contributed by atoms with Gasteiger partial charge in [0.25, 0.3) is 0 Å².